The molecule has 1 aliphatic carbocycles. The lowest BCUT2D eigenvalue weighted by atomic mass is 10.1. The molecule has 0 aliphatic heterocycles. The minimum absolute atomic E-state index is 0.270. The Labute approximate surface area is 75.7 Å². The number of hydrogen-bond donors (Lipinski definition) is 3. The van der Waals surface area contributed by atoms with E-state index in [1.807, 2.05) is 6.08 Å². The number of nitrogens with two attached hydrogens (primary N) is 1. The average Bonchev–Trinajstić information content (AvgIpc) is 2.07. The van der Waals surface area contributed by atoms with Gasteiger partial charge in [0, 0.05) is 17.2 Å². The van der Waals surface area contributed by atoms with E-state index >= 15 is 0 Å². The van der Waals surface area contributed by atoms with Crippen molar-refractivity contribution in [1.29, 1.82) is 10.8 Å². The summed E-state index contributed by atoms with van der Waals surface area (Å²) in [5.41, 5.74) is 5.89. The first-order valence-electron chi connectivity index (χ1n) is 3.64. The zero-order valence-electron chi connectivity index (χ0n) is 6.63. The summed E-state index contributed by atoms with van der Waals surface area (Å²) in [5, 5.41) is 14.6. The first kappa shape index (κ1) is 9.22. The van der Waals surface area contributed by atoms with E-state index in [1.165, 1.54) is 0 Å². The molecule has 0 saturated carbocycles. The van der Waals surface area contributed by atoms with Crippen LogP contribution in [0.3, 0.4) is 0 Å². The van der Waals surface area contributed by atoms with E-state index in [4.69, 9.17) is 16.6 Å². The van der Waals surface area contributed by atoms with Crippen molar-refractivity contribution in [2.24, 2.45) is 5.73 Å². The van der Waals surface area contributed by atoms with E-state index in [2.05, 4.69) is 0 Å². The highest BCUT2D eigenvalue weighted by atomic mass is 32.2. The number of thioether (sulfide) groups is 1. The Morgan fingerprint density at radius 3 is 2.58 bits per heavy atom. The smallest absolute Gasteiger partial charge is 0.0800 e. The van der Waals surface area contributed by atoms with E-state index in [0.717, 1.165) is 10.7 Å². The Kier molecular flexibility index (Phi) is 3.25. The Balaban J connectivity index is 2.57. The van der Waals surface area contributed by atoms with E-state index in [9.17, 15) is 0 Å². The Morgan fingerprint density at radius 1 is 1.25 bits per heavy atom. The SMILES string of the molecule is N=C1C=CC(SCCN)=CC1=N. The topological polar surface area (TPSA) is 73.7 Å². The maximum absolute atomic E-state index is 7.36. The summed E-state index contributed by atoms with van der Waals surface area (Å²) in [6.45, 7) is 0.640. The van der Waals surface area contributed by atoms with Gasteiger partial charge in [0.2, 0.25) is 0 Å². The Hall–Kier alpha value is -0.870. The molecular formula is C8H11N3S. The predicted octanol–water partition coefficient (Wildman–Crippen LogP) is 1.17. The van der Waals surface area contributed by atoms with E-state index < -0.39 is 0 Å². The van der Waals surface area contributed by atoms with Gasteiger partial charge in [-0.25, -0.2) is 0 Å². The summed E-state index contributed by atoms with van der Waals surface area (Å²) in [6.07, 6.45) is 5.19. The molecule has 0 bridgehead atoms. The van der Waals surface area contributed by atoms with Crippen LogP contribution in [-0.2, 0) is 0 Å². The lowest BCUT2D eigenvalue weighted by molar-refractivity contribution is 1.15. The Bertz CT molecular complexity index is 265. The quantitative estimate of drug-likeness (QED) is 0.572. The van der Waals surface area contributed by atoms with Gasteiger partial charge in [-0.1, -0.05) is 0 Å². The van der Waals surface area contributed by atoms with Crippen LogP contribution in [0, 0.1) is 10.8 Å². The minimum atomic E-state index is 0.270. The molecule has 0 radical (unpaired) electrons. The number of nitrogens with one attached hydrogen (secondary N) is 2. The van der Waals surface area contributed by atoms with Crippen LogP contribution in [0.5, 0.6) is 0 Å². The summed E-state index contributed by atoms with van der Waals surface area (Å²) in [6, 6.07) is 0. The molecule has 4 heteroatoms. The zero-order valence-corrected chi connectivity index (χ0v) is 7.45. The highest BCUT2D eigenvalue weighted by molar-refractivity contribution is 8.03. The van der Waals surface area contributed by atoms with Gasteiger partial charge < -0.3 is 5.73 Å². The summed E-state index contributed by atoms with van der Waals surface area (Å²) in [5.74, 6) is 0.858. The summed E-state index contributed by atoms with van der Waals surface area (Å²) in [7, 11) is 0. The van der Waals surface area contributed by atoms with E-state index in [1.54, 1.807) is 23.9 Å². The third-order valence-corrected chi connectivity index (χ3v) is 2.40. The third kappa shape index (κ3) is 2.32. The highest BCUT2D eigenvalue weighted by Gasteiger charge is 2.05. The largest absolute Gasteiger partial charge is 0.330 e. The van der Waals surface area contributed by atoms with Crippen LogP contribution in [0.25, 0.3) is 0 Å². The second kappa shape index (κ2) is 4.23. The van der Waals surface area contributed by atoms with Crippen LogP contribution in [0.15, 0.2) is 23.1 Å². The molecule has 3 nitrogen and oxygen atoms in total. The predicted molar refractivity (Wildman–Crippen MR) is 54.2 cm³/mol. The van der Waals surface area contributed by atoms with Crippen molar-refractivity contribution in [2.45, 2.75) is 0 Å². The lowest BCUT2D eigenvalue weighted by Gasteiger charge is -2.06. The molecule has 0 saturated heterocycles. The van der Waals surface area contributed by atoms with Crippen molar-refractivity contribution in [3.63, 3.8) is 0 Å². The third-order valence-electron chi connectivity index (χ3n) is 1.38. The minimum Gasteiger partial charge on any atom is -0.330 e. The molecule has 0 fully saturated rings. The molecule has 1 aliphatic rings. The maximum Gasteiger partial charge on any atom is 0.0800 e. The fourth-order valence-electron chi connectivity index (χ4n) is 0.790. The van der Waals surface area contributed by atoms with Crippen molar-refractivity contribution >= 4 is 23.2 Å². The summed E-state index contributed by atoms with van der Waals surface area (Å²) >= 11 is 1.61. The summed E-state index contributed by atoms with van der Waals surface area (Å²) < 4.78 is 0. The summed E-state index contributed by atoms with van der Waals surface area (Å²) in [4.78, 5) is 1.02. The zero-order chi connectivity index (χ0) is 8.97. The van der Waals surface area contributed by atoms with E-state index in [0.29, 0.717) is 6.54 Å². The maximum atomic E-state index is 7.36. The van der Waals surface area contributed by atoms with Crippen molar-refractivity contribution in [3.05, 3.63) is 23.1 Å². The average molecular weight is 181 g/mol. The first-order valence-corrected chi connectivity index (χ1v) is 4.62. The van der Waals surface area contributed by atoms with Crippen LogP contribution in [-0.4, -0.2) is 23.7 Å². The normalized spacial score (nSPS) is 16.6. The second-order valence-electron chi connectivity index (χ2n) is 2.34. The molecule has 0 aromatic rings. The van der Waals surface area contributed by atoms with Gasteiger partial charge in [0.05, 0.1) is 11.4 Å². The molecule has 4 N–H and O–H groups in total. The molecule has 0 spiro atoms. The first-order chi connectivity index (χ1) is 5.74. The molecule has 0 unspecified atom stereocenters. The molecule has 64 valence electrons. The van der Waals surface area contributed by atoms with Crippen molar-refractivity contribution in [2.75, 3.05) is 12.3 Å². The molecule has 0 aromatic carbocycles. The van der Waals surface area contributed by atoms with Crippen LogP contribution in [0.2, 0.25) is 0 Å². The molecular weight excluding hydrogens is 170 g/mol. The van der Waals surface area contributed by atoms with Gasteiger partial charge in [-0.05, 0) is 18.2 Å². The number of rotatable bonds is 3. The Morgan fingerprint density at radius 2 is 2.00 bits per heavy atom. The highest BCUT2D eigenvalue weighted by Crippen LogP contribution is 2.18. The molecule has 12 heavy (non-hydrogen) atoms. The van der Waals surface area contributed by atoms with Crippen LogP contribution in [0.4, 0.5) is 0 Å². The van der Waals surface area contributed by atoms with Crippen molar-refractivity contribution < 1.29 is 0 Å². The molecule has 0 heterocycles. The standard InChI is InChI=1S/C8H11N3S/c9-3-4-12-6-1-2-7(10)8(11)5-6/h1-2,5,10-11H,3-4,9H2. The van der Waals surface area contributed by atoms with Gasteiger partial charge in [0.15, 0.2) is 0 Å². The number of hydrogen-bond acceptors (Lipinski definition) is 4. The van der Waals surface area contributed by atoms with Gasteiger partial charge >= 0.3 is 0 Å². The van der Waals surface area contributed by atoms with Crippen LogP contribution in [0.1, 0.15) is 0 Å². The van der Waals surface area contributed by atoms with Gasteiger partial charge in [-0.2, -0.15) is 0 Å². The van der Waals surface area contributed by atoms with E-state index in [-0.39, 0.29) is 11.4 Å². The van der Waals surface area contributed by atoms with Crippen molar-refractivity contribution in [1.82, 2.24) is 0 Å². The fraction of sp³-hybridized carbons (Fsp3) is 0.250. The van der Waals surface area contributed by atoms with Crippen LogP contribution >= 0.6 is 11.8 Å². The van der Waals surface area contributed by atoms with Gasteiger partial charge in [-0.15, -0.1) is 11.8 Å². The van der Waals surface area contributed by atoms with Crippen molar-refractivity contribution in [3.8, 4) is 0 Å². The van der Waals surface area contributed by atoms with Gasteiger partial charge in [0.25, 0.3) is 0 Å². The van der Waals surface area contributed by atoms with Crippen LogP contribution < -0.4 is 5.73 Å². The molecule has 0 atom stereocenters. The second-order valence-corrected chi connectivity index (χ2v) is 3.51. The number of allylic oxidation sites excluding steroid dienone is 3. The van der Waals surface area contributed by atoms with Gasteiger partial charge in [-0.3, -0.25) is 10.8 Å². The molecule has 0 amide bonds. The fourth-order valence-corrected chi connectivity index (χ4v) is 1.51. The monoisotopic (exact) mass is 181 g/mol. The molecule has 0 aromatic heterocycles. The lowest BCUT2D eigenvalue weighted by Crippen LogP contribution is -2.10. The van der Waals surface area contributed by atoms with Gasteiger partial charge in [0.1, 0.15) is 0 Å². The molecule has 1 rings (SSSR count).